The fourth-order valence-electron chi connectivity index (χ4n) is 2.87. The molecule has 2 aromatic rings. The molecule has 0 unspecified atom stereocenters. The molecule has 0 atom stereocenters. The monoisotopic (exact) mass is 438 g/mol. The van der Waals surface area contributed by atoms with Gasteiger partial charge in [0.15, 0.2) is 0 Å². The van der Waals surface area contributed by atoms with E-state index in [0.29, 0.717) is 31.3 Å². The van der Waals surface area contributed by atoms with Gasteiger partial charge in [0.25, 0.3) is 5.91 Å². The maximum absolute atomic E-state index is 12.9. The molecule has 1 N–H and O–H groups in total. The van der Waals surface area contributed by atoms with Gasteiger partial charge in [-0.1, -0.05) is 30.7 Å². The van der Waals surface area contributed by atoms with E-state index < -0.39 is 15.9 Å². The third kappa shape index (κ3) is 5.08. The second-order valence-corrected chi connectivity index (χ2v) is 8.80. The SMILES string of the molecule is CCCOc1ccccc1NC(=O)c1cc(S(=O)(=O)N2CCOCC2)ccc1Cl. The van der Waals surface area contributed by atoms with Gasteiger partial charge in [-0.2, -0.15) is 4.31 Å². The Morgan fingerprint density at radius 2 is 1.93 bits per heavy atom. The number of nitrogens with one attached hydrogen (secondary N) is 1. The zero-order valence-corrected chi connectivity index (χ0v) is 17.6. The highest BCUT2D eigenvalue weighted by atomic mass is 35.5. The third-order valence-corrected chi connectivity index (χ3v) is 6.61. The highest BCUT2D eigenvalue weighted by Gasteiger charge is 2.27. The Hall–Kier alpha value is -2.13. The average molecular weight is 439 g/mol. The highest BCUT2D eigenvalue weighted by molar-refractivity contribution is 7.89. The molecule has 156 valence electrons. The normalized spacial score (nSPS) is 15.1. The Bertz CT molecular complexity index is 975. The molecule has 2 aromatic carbocycles. The fraction of sp³-hybridized carbons (Fsp3) is 0.350. The van der Waals surface area contributed by atoms with Crippen LogP contribution in [-0.2, 0) is 14.8 Å². The van der Waals surface area contributed by atoms with E-state index in [9.17, 15) is 13.2 Å². The van der Waals surface area contributed by atoms with Crippen LogP contribution in [0.5, 0.6) is 5.75 Å². The fourth-order valence-corrected chi connectivity index (χ4v) is 4.51. The Balaban J connectivity index is 1.86. The van der Waals surface area contributed by atoms with Crippen molar-refractivity contribution in [2.75, 3.05) is 38.2 Å². The van der Waals surface area contributed by atoms with Gasteiger partial charge < -0.3 is 14.8 Å². The predicted octanol–water partition coefficient (Wildman–Crippen LogP) is 3.40. The summed E-state index contributed by atoms with van der Waals surface area (Å²) < 4.78 is 38.0. The minimum absolute atomic E-state index is 0.0180. The van der Waals surface area contributed by atoms with E-state index in [2.05, 4.69) is 5.32 Å². The van der Waals surface area contributed by atoms with Crippen molar-refractivity contribution in [1.29, 1.82) is 0 Å². The van der Waals surface area contributed by atoms with Crippen LogP contribution in [0.25, 0.3) is 0 Å². The molecule has 7 nitrogen and oxygen atoms in total. The van der Waals surface area contributed by atoms with Crippen molar-refractivity contribution in [3.8, 4) is 5.75 Å². The lowest BCUT2D eigenvalue weighted by atomic mass is 10.2. The number of nitrogens with zero attached hydrogens (tertiary/aromatic N) is 1. The molecule has 1 heterocycles. The molecule has 1 fully saturated rings. The number of hydrogen-bond donors (Lipinski definition) is 1. The summed E-state index contributed by atoms with van der Waals surface area (Å²) in [6.45, 7) is 3.73. The van der Waals surface area contributed by atoms with Gasteiger partial charge in [0.1, 0.15) is 5.75 Å². The second-order valence-electron chi connectivity index (χ2n) is 6.46. The first kappa shape index (κ1) is 21.6. The number of ether oxygens (including phenoxy) is 2. The summed E-state index contributed by atoms with van der Waals surface area (Å²) in [7, 11) is -3.74. The molecule has 0 radical (unpaired) electrons. The first-order valence-corrected chi connectivity index (χ1v) is 11.2. The van der Waals surface area contributed by atoms with Crippen LogP contribution >= 0.6 is 11.6 Å². The summed E-state index contributed by atoms with van der Waals surface area (Å²) in [6, 6.07) is 11.2. The van der Waals surface area contributed by atoms with Gasteiger partial charge in [0, 0.05) is 13.1 Å². The lowest BCUT2D eigenvalue weighted by Crippen LogP contribution is -2.40. The molecule has 0 bridgehead atoms. The van der Waals surface area contributed by atoms with Crippen LogP contribution in [0.2, 0.25) is 5.02 Å². The van der Waals surface area contributed by atoms with Gasteiger partial charge in [-0.15, -0.1) is 0 Å². The van der Waals surface area contributed by atoms with Crippen LogP contribution in [0.4, 0.5) is 5.69 Å². The number of carbonyl (C=O) groups is 1. The first-order valence-electron chi connectivity index (χ1n) is 9.34. The van der Waals surface area contributed by atoms with E-state index in [1.165, 1.54) is 22.5 Å². The van der Waals surface area contributed by atoms with Crippen molar-refractivity contribution in [1.82, 2.24) is 4.31 Å². The van der Waals surface area contributed by atoms with Crippen LogP contribution in [0.3, 0.4) is 0 Å². The van der Waals surface area contributed by atoms with Crippen LogP contribution < -0.4 is 10.1 Å². The minimum Gasteiger partial charge on any atom is -0.491 e. The topological polar surface area (TPSA) is 84.9 Å². The standard InChI is InChI=1S/C20H23ClN2O5S/c1-2-11-28-19-6-4-3-5-18(19)22-20(24)16-14-15(7-8-17(16)21)29(25,26)23-9-12-27-13-10-23/h3-8,14H,2,9-13H2,1H3,(H,22,24). The summed E-state index contributed by atoms with van der Waals surface area (Å²) in [5.74, 6) is 0.0255. The van der Waals surface area contributed by atoms with Crippen LogP contribution in [0, 0.1) is 0 Å². The molecule has 0 saturated carbocycles. The number of amides is 1. The number of rotatable bonds is 7. The largest absolute Gasteiger partial charge is 0.491 e. The maximum atomic E-state index is 12.9. The van der Waals surface area contributed by atoms with E-state index >= 15 is 0 Å². The van der Waals surface area contributed by atoms with E-state index in [1.54, 1.807) is 18.2 Å². The highest BCUT2D eigenvalue weighted by Crippen LogP contribution is 2.27. The number of anilines is 1. The maximum Gasteiger partial charge on any atom is 0.257 e. The smallest absolute Gasteiger partial charge is 0.257 e. The van der Waals surface area contributed by atoms with E-state index in [0.717, 1.165) is 6.42 Å². The first-order chi connectivity index (χ1) is 13.9. The molecular formula is C20H23ClN2O5S. The Kier molecular flexibility index (Phi) is 7.13. The molecule has 1 aliphatic rings. The molecule has 1 amide bonds. The van der Waals surface area contributed by atoms with Crippen molar-refractivity contribution in [3.05, 3.63) is 53.1 Å². The number of para-hydroxylation sites is 2. The number of benzene rings is 2. The molecule has 9 heteroatoms. The molecule has 0 aromatic heterocycles. The van der Waals surface area contributed by atoms with Gasteiger partial charge in [-0.25, -0.2) is 8.42 Å². The van der Waals surface area contributed by atoms with Crippen molar-refractivity contribution < 1.29 is 22.7 Å². The van der Waals surface area contributed by atoms with Crippen LogP contribution in [-0.4, -0.2) is 51.5 Å². The van der Waals surface area contributed by atoms with Crippen LogP contribution in [0.1, 0.15) is 23.7 Å². The summed E-state index contributed by atoms with van der Waals surface area (Å²) in [4.78, 5) is 12.9. The second kappa shape index (κ2) is 9.58. The predicted molar refractivity (Wildman–Crippen MR) is 111 cm³/mol. The quantitative estimate of drug-likeness (QED) is 0.716. The van der Waals surface area contributed by atoms with Crippen molar-refractivity contribution >= 4 is 33.2 Å². The number of hydrogen-bond acceptors (Lipinski definition) is 5. The number of sulfonamides is 1. The Morgan fingerprint density at radius 3 is 2.66 bits per heavy atom. The Morgan fingerprint density at radius 1 is 1.21 bits per heavy atom. The summed E-state index contributed by atoms with van der Waals surface area (Å²) in [5, 5.41) is 2.92. The zero-order chi connectivity index (χ0) is 20.9. The van der Waals surface area contributed by atoms with E-state index in [4.69, 9.17) is 21.1 Å². The van der Waals surface area contributed by atoms with Gasteiger partial charge in [0.2, 0.25) is 10.0 Å². The van der Waals surface area contributed by atoms with Crippen molar-refractivity contribution in [2.45, 2.75) is 18.2 Å². The van der Waals surface area contributed by atoms with Crippen LogP contribution in [0.15, 0.2) is 47.4 Å². The van der Waals surface area contributed by atoms with E-state index in [1.807, 2.05) is 13.0 Å². The summed E-state index contributed by atoms with van der Waals surface area (Å²) in [5.41, 5.74) is 0.565. The third-order valence-electron chi connectivity index (χ3n) is 4.39. The summed E-state index contributed by atoms with van der Waals surface area (Å²) >= 11 is 6.20. The molecular weight excluding hydrogens is 416 g/mol. The molecule has 1 saturated heterocycles. The molecule has 0 aliphatic carbocycles. The summed E-state index contributed by atoms with van der Waals surface area (Å²) in [6.07, 6.45) is 0.829. The molecule has 3 rings (SSSR count). The number of halogens is 1. The van der Waals surface area contributed by atoms with Gasteiger partial charge in [-0.3, -0.25) is 4.79 Å². The number of carbonyl (C=O) groups excluding carboxylic acids is 1. The Labute approximate surface area is 175 Å². The lowest BCUT2D eigenvalue weighted by molar-refractivity contribution is 0.0730. The molecule has 0 spiro atoms. The van der Waals surface area contributed by atoms with Crippen molar-refractivity contribution in [2.24, 2.45) is 0 Å². The number of morpholine rings is 1. The van der Waals surface area contributed by atoms with Gasteiger partial charge in [0.05, 0.1) is 41.0 Å². The van der Waals surface area contributed by atoms with Crippen molar-refractivity contribution in [3.63, 3.8) is 0 Å². The molecule has 29 heavy (non-hydrogen) atoms. The van der Waals surface area contributed by atoms with Gasteiger partial charge >= 0.3 is 0 Å². The minimum atomic E-state index is -3.74. The average Bonchev–Trinajstić information content (AvgIpc) is 2.74. The van der Waals surface area contributed by atoms with Gasteiger partial charge in [-0.05, 0) is 36.8 Å². The molecule has 1 aliphatic heterocycles. The zero-order valence-electron chi connectivity index (χ0n) is 16.1. The lowest BCUT2D eigenvalue weighted by Gasteiger charge is -2.26. The van der Waals surface area contributed by atoms with E-state index in [-0.39, 0.29) is 28.6 Å².